The van der Waals surface area contributed by atoms with Crippen molar-refractivity contribution in [3.63, 3.8) is 0 Å². The lowest BCUT2D eigenvalue weighted by molar-refractivity contribution is -0.133. The van der Waals surface area contributed by atoms with Gasteiger partial charge in [0.15, 0.2) is 0 Å². The van der Waals surface area contributed by atoms with Crippen LogP contribution in [0.3, 0.4) is 0 Å². The summed E-state index contributed by atoms with van der Waals surface area (Å²) in [6, 6.07) is 0. The SMILES string of the molecule is CCOC(=O)c1sc2nc(C)nc(SCC(=O)O)c2c1C. The van der Waals surface area contributed by atoms with E-state index in [1.165, 1.54) is 11.3 Å². The lowest BCUT2D eigenvalue weighted by Gasteiger charge is -2.03. The van der Waals surface area contributed by atoms with Crippen LogP contribution in [0.5, 0.6) is 0 Å². The van der Waals surface area contributed by atoms with E-state index in [0.717, 1.165) is 22.7 Å². The maximum atomic E-state index is 11.9. The smallest absolute Gasteiger partial charge is 0.348 e. The molecule has 2 rings (SSSR count). The van der Waals surface area contributed by atoms with E-state index >= 15 is 0 Å². The Labute approximate surface area is 129 Å². The van der Waals surface area contributed by atoms with E-state index in [1.807, 2.05) is 0 Å². The predicted molar refractivity (Wildman–Crippen MR) is 81.2 cm³/mol. The molecule has 21 heavy (non-hydrogen) atoms. The first-order chi connectivity index (χ1) is 9.93. The second kappa shape index (κ2) is 6.40. The van der Waals surface area contributed by atoms with Crippen molar-refractivity contribution in [3.05, 3.63) is 16.3 Å². The summed E-state index contributed by atoms with van der Waals surface area (Å²) in [4.78, 5) is 32.5. The molecule has 0 fully saturated rings. The third-order valence-corrected chi connectivity index (χ3v) is 4.79. The Kier molecular flexibility index (Phi) is 4.79. The van der Waals surface area contributed by atoms with Crippen molar-refractivity contribution in [2.75, 3.05) is 12.4 Å². The van der Waals surface area contributed by atoms with Crippen LogP contribution in [0, 0.1) is 13.8 Å². The van der Waals surface area contributed by atoms with Gasteiger partial charge in [0.05, 0.1) is 12.4 Å². The van der Waals surface area contributed by atoms with Crippen molar-refractivity contribution in [2.45, 2.75) is 25.8 Å². The van der Waals surface area contributed by atoms with Crippen LogP contribution in [0.2, 0.25) is 0 Å². The maximum absolute atomic E-state index is 11.9. The average molecular weight is 326 g/mol. The van der Waals surface area contributed by atoms with Crippen LogP contribution in [-0.4, -0.2) is 39.4 Å². The molecule has 0 saturated carbocycles. The molecule has 2 aromatic heterocycles. The Hall–Kier alpha value is -1.67. The Morgan fingerprint density at radius 3 is 2.67 bits per heavy atom. The van der Waals surface area contributed by atoms with Crippen molar-refractivity contribution < 1.29 is 19.4 Å². The van der Waals surface area contributed by atoms with Crippen molar-refractivity contribution in [2.24, 2.45) is 0 Å². The third kappa shape index (κ3) is 3.33. The highest BCUT2D eigenvalue weighted by molar-refractivity contribution is 8.00. The van der Waals surface area contributed by atoms with Gasteiger partial charge >= 0.3 is 11.9 Å². The van der Waals surface area contributed by atoms with Crippen LogP contribution in [0.25, 0.3) is 10.2 Å². The van der Waals surface area contributed by atoms with Gasteiger partial charge in [0.1, 0.15) is 20.6 Å². The molecule has 0 radical (unpaired) electrons. The third-order valence-electron chi connectivity index (χ3n) is 2.66. The number of rotatable bonds is 5. The van der Waals surface area contributed by atoms with Gasteiger partial charge in [-0.05, 0) is 26.3 Å². The zero-order chi connectivity index (χ0) is 15.6. The van der Waals surface area contributed by atoms with Gasteiger partial charge in [0.2, 0.25) is 0 Å². The van der Waals surface area contributed by atoms with Gasteiger partial charge in [-0.2, -0.15) is 0 Å². The lowest BCUT2D eigenvalue weighted by Crippen LogP contribution is -2.03. The van der Waals surface area contributed by atoms with Gasteiger partial charge in [0.25, 0.3) is 0 Å². The highest BCUT2D eigenvalue weighted by Crippen LogP contribution is 2.35. The number of thiophene rings is 1. The number of aryl methyl sites for hydroxylation is 2. The van der Waals surface area contributed by atoms with Crippen molar-refractivity contribution in [3.8, 4) is 0 Å². The minimum atomic E-state index is -0.914. The molecule has 6 nitrogen and oxygen atoms in total. The van der Waals surface area contributed by atoms with Crippen LogP contribution < -0.4 is 0 Å². The molecule has 1 N–H and O–H groups in total. The van der Waals surface area contributed by atoms with Crippen LogP contribution in [0.4, 0.5) is 0 Å². The summed E-state index contributed by atoms with van der Waals surface area (Å²) in [6.45, 7) is 5.59. The zero-order valence-corrected chi connectivity index (χ0v) is 13.4. The molecular formula is C13H14N2O4S2. The molecule has 2 heterocycles. The highest BCUT2D eigenvalue weighted by Gasteiger charge is 2.21. The lowest BCUT2D eigenvalue weighted by atomic mass is 10.2. The van der Waals surface area contributed by atoms with E-state index in [1.54, 1.807) is 20.8 Å². The van der Waals surface area contributed by atoms with Crippen LogP contribution in [-0.2, 0) is 9.53 Å². The Morgan fingerprint density at radius 2 is 2.05 bits per heavy atom. The van der Waals surface area contributed by atoms with Gasteiger partial charge in [0, 0.05) is 5.39 Å². The molecule has 0 atom stereocenters. The molecule has 0 aliphatic heterocycles. The van der Waals surface area contributed by atoms with E-state index in [0.29, 0.717) is 27.2 Å². The number of carboxylic acids is 1. The molecule has 112 valence electrons. The van der Waals surface area contributed by atoms with Gasteiger partial charge in [-0.25, -0.2) is 14.8 Å². The number of nitrogens with zero attached hydrogens (tertiary/aromatic N) is 2. The molecule has 0 spiro atoms. The number of hydrogen-bond donors (Lipinski definition) is 1. The van der Waals surface area contributed by atoms with E-state index in [-0.39, 0.29) is 11.7 Å². The monoisotopic (exact) mass is 326 g/mol. The molecule has 0 unspecified atom stereocenters. The minimum Gasteiger partial charge on any atom is -0.481 e. The maximum Gasteiger partial charge on any atom is 0.348 e. The summed E-state index contributed by atoms with van der Waals surface area (Å²) in [5.41, 5.74) is 0.737. The molecule has 0 aromatic carbocycles. The first-order valence-corrected chi connectivity index (χ1v) is 8.03. The van der Waals surface area contributed by atoms with Crippen LogP contribution in [0.1, 0.15) is 28.0 Å². The topological polar surface area (TPSA) is 89.4 Å². The fraction of sp³-hybridized carbons (Fsp3) is 0.385. The largest absolute Gasteiger partial charge is 0.481 e. The van der Waals surface area contributed by atoms with E-state index in [2.05, 4.69) is 9.97 Å². The summed E-state index contributed by atoms with van der Waals surface area (Å²) < 4.78 is 5.03. The number of aromatic nitrogens is 2. The Bertz CT molecular complexity index is 712. The Morgan fingerprint density at radius 1 is 1.33 bits per heavy atom. The highest BCUT2D eigenvalue weighted by atomic mass is 32.2. The van der Waals surface area contributed by atoms with Gasteiger partial charge < -0.3 is 9.84 Å². The van der Waals surface area contributed by atoms with E-state index in [4.69, 9.17) is 9.84 Å². The summed E-state index contributed by atoms with van der Waals surface area (Å²) >= 11 is 2.38. The van der Waals surface area contributed by atoms with Crippen molar-refractivity contribution >= 4 is 45.3 Å². The molecule has 0 bridgehead atoms. The summed E-state index contributed by atoms with van der Waals surface area (Å²) in [6.07, 6.45) is 0. The summed E-state index contributed by atoms with van der Waals surface area (Å²) in [7, 11) is 0. The number of ether oxygens (including phenoxy) is 1. The van der Waals surface area contributed by atoms with Crippen LogP contribution in [0.15, 0.2) is 5.03 Å². The van der Waals surface area contributed by atoms with Crippen molar-refractivity contribution in [1.82, 2.24) is 9.97 Å². The number of carbonyl (C=O) groups is 2. The quantitative estimate of drug-likeness (QED) is 0.513. The number of fused-ring (bicyclic) bond motifs is 1. The number of esters is 1. The molecule has 0 aliphatic carbocycles. The molecule has 0 aliphatic rings. The normalized spacial score (nSPS) is 10.8. The number of hydrogen-bond acceptors (Lipinski definition) is 7. The van der Waals surface area contributed by atoms with Gasteiger partial charge in [-0.15, -0.1) is 11.3 Å². The fourth-order valence-electron chi connectivity index (χ4n) is 1.83. The molecule has 0 amide bonds. The molecule has 2 aromatic rings. The first-order valence-electron chi connectivity index (χ1n) is 6.23. The van der Waals surface area contributed by atoms with E-state index < -0.39 is 5.97 Å². The summed E-state index contributed by atoms with van der Waals surface area (Å²) in [5.74, 6) is -0.838. The predicted octanol–water partition coefficient (Wildman–Crippen LogP) is 2.66. The van der Waals surface area contributed by atoms with Crippen molar-refractivity contribution in [1.29, 1.82) is 0 Å². The average Bonchev–Trinajstić information content (AvgIpc) is 2.73. The standard InChI is InChI=1S/C13H14N2O4S2/c1-4-19-13(18)10-6(2)9-11(20-5-8(16)17)14-7(3)15-12(9)21-10/h4-5H2,1-3H3,(H,16,17). The fourth-order valence-corrected chi connectivity index (χ4v) is 3.87. The second-order valence-corrected chi connectivity index (χ2v) is 6.18. The number of carbonyl (C=O) groups excluding carboxylic acids is 1. The first kappa shape index (κ1) is 15.7. The van der Waals surface area contributed by atoms with Gasteiger partial charge in [-0.3, -0.25) is 4.79 Å². The van der Waals surface area contributed by atoms with E-state index in [9.17, 15) is 9.59 Å². The van der Waals surface area contributed by atoms with Crippen LogP contribution >= 0.6 is 23.1 Å². The molecule has 0 saturated heterocycles. The zero-order valence-electron chi connectivity index (χ0n) is 11.8. The summed E-state index contributed by atoms with van der Waals surface area (Å²) in [5, 5.41) is 10.1. The number of thioether (sulfide) groups is 1. The second-order valence-electron chi connectivity index (χ2n) is 4.22. The number of carboxylic acid groups (broad SMARTS) is 1. The number of aliphatic carboxylic acids is 1. The van der Waals surface area contributed by atoms with Gasteiger partial charge in [-0.1, -0.05) is 11.8 Å². The molecule has 8 heteroatoms. The molecular weight excluding hydrogens is 312 g/mol. The Balaban J connectivity index is 2.53. The minimum absolute atomic E-state index is 0.0877.